The minimum absolute atomic E-state index is 0.959. The van der Waals surface area contributed by atoms with E-state index in [1.165, 1.54) is 51.4 Å². The number of hydrogen-bond donors (Lipinski definition) is 0. The first-order valence-corrected chi connectivity index (χ1v) is 6.58. The second-order valence-corrected chi connectivity index (χ2v) is 4.38. The highest BCUT2D eigenvalue weighted by Crippen LogP contribution is 2.20. The minimum atomic E-state index is 0.959. The van der Waals surface area contributed by atoms with Crippen molar-refractivity contribution in [3.8, 4) is 0 Å². The first-order valence-electron chi connectivity index (χ1n) is 6.58. The molecule has 0 aromatic heterocycles. The van der Waals surface area contributed by atoms with Crippen molar-refractivity contribution in [2.24, 2.45) is 5.92 Å². The largest absolute Gasteiger partial charge is 0.0885 e. The molecule has 0 N–H and O–H groups in total. The molecule has 0 aromatic rings. The van der Waals surface area contributed by atoms with E-state index in [9.17, 15) is 0 Å². The Hall–Kier alpha value is -0.260. The summed E-state index contributed by atoms with van der Waals surface area (Å²) in [6, 6.07) is 0. The van der Waals surface area contributed by atoms with E-state index in [4.69, 9.17) is 0 Å². The molecule has 0 rings (SSSR count). The first-order chi connectivity index (χ1) is 7.35. The van der Waals surface area contributed by atoms with Crippen molar-refractivity contribution in [1.82, 2.24) is 0 Å². The predicted octanol–water partition coefficient (Wildman–Crippen LogP) is 5.36. The van der Waals surface area contributed by atoms with Gasteiger partial charge < -0.3 is 0 Å². The molecule has 0 aliphatic heterocycles. The van der Waals surface area contributed by atoms with Gasteiger partial charge in [-0.2, -0.15) is 0 Å². The smallest absolute Gasteiger partial charge is 0.0316 e. The molecule has 0 saturated carbocycles. The summed E-state index contributed by atoms with van der Waals surface area (Å²) in [6.45, 7) is 9.91. The van der Waals surface area contributed by atoms with Gasteiger partial charge in [0.15, 0.2) is 0 Å². The van der Waals surface area contributed by atoms with Gasteiger partial charge >= 0.3 is 0 Å². The molecule has 0 heterocycles. The zero-order valence-corrected chi connectivity index (χ0v) is 10.5. The van der Waals surface area contributed by atoms with Gasteiger partial charge in [-0.05, 0) is 25.7 Å². The van der Waals surface area contributed by atoms with Crippen LogP contribution >= 0.6 is 0 Å². The van der Waals surface area contributed by atoms with Crippen LogP contribution in [0, 0.1) is 19.8 Å². The Labute approximate surface area is 97.2 Å². The van der Waals surface area contributed by atoms with Gasteiger partial charge in [0.1, 0.15) is 0 Å². The van der Waals surface area contributed by atoms with E-state index in [2.05, 4.69) is 26.8 Å². The Kier molecular flexibility index (Phi) is 11.6. The normalized spacial score (nSPS) is 13.5. The molecule has 0 aliphatic rings. The Balaban J connectivity index is 3.35. The molecular weight excluding hydrogens is 180 g/mol. The summed E-state index contributed by atoms with van der Waals surface area (Å²) in [7, 11) is 0. The highest BCUT2D eigenvalue weighted by atomic mass is 14.1. The number of unbranched alkanes of at least 4 members (excludes halogenated alkanes) is 4. The maximum Gasteiger partial charge on any atom is -0.0316 e. The average molecular weight is 208 g/mol. The average Bonchev–Trinajstić information content (AvgIpc) is 2.26. The first kappa shape index (κ1) is 14.7. The molecule has 0 aliphatic carbocycles. The van der Waals surface area contributed by atoms with Gasteiger partial charge in [0, 0.05) is 0 Å². The lowest BCUT2D eigenvalue weighted by molar-refractivity contribution is 0.402. The van der Waals surface area contributed by atoms with E-state index in [1.807, 2.05) is 6.08 Å². The summed E-state index contributed by atoms with van der Waals surface area (Å²) in [5.74, 6) is 0.959. The molecule has 15 heavy (non-hydrogen) atoms. The molecule has 0 heteroatoms. The Morgan fingerprint density at radius 2 is 1.73 bits per heavy atom. The van der Waals surface area contributed by atoms with Crippen molar-refractivity contribution >= 4 is 0 Å². The lowest BCUT2D eigenvalue weighted by atomic mass is 9.93. The molecule has 2 radical (unpaired) electrons. The quantitative estimate of drug-likeness (QED) is 0.424. The molecule has 0 fully saturated rings. The summed E-state index contributed by atoms with van der Waals surface area (Å²) >= 11 is 0. The summed E-state index contributed by atoms with van der Waals surface area (Å²) in [4.78, 5) is 0. The van der Waals surface area contributed by atoms with Crippen LogP contribution in [0.2, 0.25) is 0 Å². The SMILES string of the molecule is [CH2]C=CCCCCC(CC)CCCC[CH2]. The molecular formula is C15H28. The molecule has 0 nitrogen and oxygen atoms in total. The van der Waals surface area contributed by atoms with Gasteiger partial charge in [-0.3, -0.25) is 0 Å². The zero-order chi connectivity index (χ0) is 11.4. The molecule has 0 aromatic carbocycles. The standard InChI is InChI=1S/C15H28/c1-4-7-9-10-12-14-15(6-3)13-11-8-5-2/h4,7,15H,1-2,5-6,8-14H2,3H3. The third-order valence-corrected chi connectivity index (χ3v) is 3.09. The van der Waals surface area contributed by atoms with Crippen LogP contribution in [0.5, 0.6) is 0 Å². The van der Waals surface area contributed by atoms with E-state index >= 15 is 0 Å². The highest BCUT2D eigenvalue weighted by Gasteiger charge is 2.04. The molecule has 0 spiro atoms. The number of rotatable bonds is 10. The van der Waals surface area contributed by atoms with Crippen molar-refractivity contribution in [2.75, 3.05) is 0 Å². The lowest BCUT2D eigenvalue weighted by Crippen LogP contribution is -1.98. The van der Waals surface area contributed by atoms with Gasteiger partial charge in [0.05, 0.1) is 0 Å². The van der Waals surface area contributed by atoms with Crippen molar-refractivity contribution in [3.63, 3.8) is 0 Å². The molecule has 0 amide bonds. The van der Waals surface area contributed by atoms with Gasteiger partial charge in [-0.25, -0.2) is 0 Å². The fourth-order valence-electron chi connectivity index (χ4n) is 1.98. The molecule has 1 unspecified atom stereocenters. The fourth-order valence-corrected chi connectivity index (χ4v) is 1.98. The second-order valence-electron chi connectivity index (χ2n) is 4.38. The van der Waals surface area contributed by atoms with Crippen LogP contribution < -0.4 is 0 Å². The van der Waals surface area contributed by atoms with Crippen molar-refractivity contribution in [1.29, 1.82) is 0 Å². The van der Waals surface area contributed by atoms with Crippen LogP contribution in [0.1, 0.15) is 64.7 Å². The molecule has 1 atom stereocenters. The number of hydrogen-bond acceptors (Lipinski definition) is 0. The van der Waals surface area contributed by atoms with Crippen molar-refractivity contribution in [2.45, 2.75) is 64.7 Å². The van der Waals surface area contributed by atoms with E-state index < -0.39 is 0 Å². The third-order valence-electron chi connectivity index (χ3n) is 3.09. The minimum Gasteiger partial charge on any atom is -0.0885 e. The zero-order valence-electron chi connectivity index (χ0n) is 10.5. The van der Waals surface area contributed by atoms with Gasteiger partial charge in [0.25, 0.3) is 0 Å². The third kappa shape index (κ3) is 10.0. The van der Waals surface area contributed by atoms with Crippen molar-refractivity contribution < 1.29 is 0 Å². The Morgan fingerprint density at radius 1 is 1.07 bits per heavy atom. The van der Waals surface area contributed by atoms with Gasteiger partial charge in [-0.1, -0.05) is 70.9 Å². The van der Waals surface area contributed by atoms with Crippen LogP contribution in [0.4, 0.5) is 0 Å². The fraction of sp³-hybridized carbons (Fsp3) is 0.733. The van der Waals surface area contributed by atoms with Crippen molar-refractivity contribution in [3.05, 3.63) is 26.0 Å². The summed E-state index contributed by atoms with van der Waals surface area (Å²) < 4.78 is 0. The highest BCUT2D eigenvalue weighted by molar-refractivity contribution is 4.83. The van der Waals surface area contributed by atoms with Gasteiger partial charge in [0.2, 0.25) is 0 Å². The summed E-state index contributed by atoms with van der Waals surface area (Å²) in [5.41, 5.74) is 0. The number of allylic oxidation sites excluding steroid dienone is 2. The van der Waals surface area contributed by atoms with Crippen LogP contribution in [-0.2, 0) is 0 Å². The lowest BCUT2D eigenvalue weighted by Gasteiger charge is -2.13. The topological polar surface area (TPSA) is 0 Å². The van der Waals surface area contributed by atoms with E-state index in [0.717, 1.165) is 12.3 Å². The maximum absolute atomic E-state index is 3.89. The van der Waals surface area contributed by atoms with Gasteiger partial charge in [-0.15, -0.1) is 0 Å². The molecule has 0 saturated heterocycles. The van der Waals surface area contributed by atoms with Crippen LogP contribution in [0.25, 0.3) is 0 Å². The van der Waals surface area contributed by atoms with E-state index in [-0.39, 0.29) is 0 Å². The summed E-state index contributed by atoms with van der Waals surface area (Å²) in [5, 5.41) is 0. The van der Waals surface area contributed by atoms with Crippen LogP contribution in [-0.4, -0.2) is 0 Å². The van der Waals surface area contributed by atoms with Crippen LogP contribution in [0.15, 0.2) is 12.2 Å². The maximum atomic E-state index is 3.89. The van der Waals surface area contributed by atoms with E-state index in [1.54, 1.807) is 0 Å². The van der Waals surface area contributed by atoms with E-state index in [0.29, 0.717) is 0 Å². The Morgan fingerprint density at radius 3 is 2.27 bits per heavy atom. The van der Waals surface area contributed by atoms with Crippen LogP contribution in [0.3, 0.4) is 0 Å². The molecule has 88 valence electrons. The molecule has 0 bridgehead atoms. The summed E-state index contributed by atoms with van der Waals surface area (Å²) in [6.07, 6.45) is 16.0. The second kappa shape index (κ2) is 11.8. The Bertz CT molecular complexity index is 135. The predicted molar refractivity (Wildman–Crippen MR) is 70.6 cm³/mol. The monoisotopic (exact) mass is 208 g/mol.